The molecule has 0 amide bonds. The van der Waals surface area contributed by atoms with Gasteiger partial charge in [0.2, 0.25) is 0 Å². The third kappa shape index (κ3) is 2.87. The summed E-state index contributed by atoms with van der Waals surface area (Å²) in [5, 5.41) is 11.2. The molecule has 7 heteroatoms. The van der Waals surface area contributed by atoms with E-state index < -0.39 is 5.97 Å². The standard InChI is InChI=1S/C15H18N2O4.Li/c1-3-10-8-20-7-9(2)17(10)15-16-13-11(14(18)19)5-4-6-12(13)21-15;/h4-6,9-10H,3,7-8H2,1-2H3,(H,18,19);/q;+1/p-1/t9-,10-;/m0./s1. The number of fused-ring (bicyclic) bond motifs is 1. The van der Waals surface area contributed by atoms with Crippen molar-refractivity contribution < 1.29 is 37.9 Å². The summed E-state index contributed by atoms with van der Waals surface area (Å²) in [6, 6.07) is 5.56. The van der Waals surface area contributed by atoms with Crippen molar-refractivity contribution in [3.8, 4) is 0 Å². The Hall–Kier alpha value is -1.48. The predicted octanol–water partition coefficient (Wildman–Crippen LogP) is -1.80. The minimum atomic E-state index is -1.25. The molecular formula is C15H17LiN2O4. The van der Waals surface area contributed by atoms with Gasteiger partial charge in [-0.2, -0.15) is 4.98 Å². The number of hydrogen-bond acceptors (Lipinski definition) is 6. The van der Waals surface area contributed by atoms with Gasteiger partial charge in [-0.3, -0.25) is 0 Å². The number of hydrogen-bond donors (Lipinski definition) is 0. The number of rotatable bonds is 3. The maximum absolute atomic E-state index is 11.2. The van der Waals surface area contributed by atoms with Crippen molar-refractivity contribution >= 4 is 23.1 Å². The van der Waals surface area contributed by atoms with E-state index in [9.17, 15) is 9.90 Å². The van der Waals surface area contributed by atoms with Crippen LogP contribution in [0.1, 0.15) is 30.6 Å². The van der Waals surface area contributed by atoms with E-state index in [-0.39, 0.29) is 36.5 Å². The predicted molar refractivity (Wildman–Crippen MR) is 75.2 cm³/mol. The molecule has 1 aliphatic rings. The molecular weight excluding hydrogens is 279 g/mol. The van der Waals surface area contributed by atoms with Crippen LogP contribution in [0.4, 0.5) is 6.01 Å². The fourth-order valence-electron chi connectivity index (χ4n) is 2.77. The number of nitrogens with zero attached hydrogens (tertiary/aromatic N) is 2. The second-order valence-electron chi connectivity index (χ2n) is 5.29. The molecule has 0 unspecified atom stereocenters. The number of aromatic nitrogens is 1. The molecule has 0 saturated carbocycles. The van der Waals surface area contributed by atoms with Gasteiger partial charge in [-0.15, -0.1) is 0 Å². The van der Waals surface area contributed by atoms with E-state index in [1.807, 2.05) is 6.92 Å². The van der Waals surface area contributed by atoms with E-state index in [1.165, 1.54) is 6.07 Å². The van der Waals surface area contributed by atoms with Gasteiger partial charge in [0.15, 0.2) is 5.58 Å². The number of aromatic carboxylic acids is 1. The molecule has 2 aromatic rings. The summed E-state index contributed by atoms with van der Waals surface area (Å²) in [7, 11) is 0. The number of para-hydroxylation sites is 1. The average molecular weight is 296 g/mol. The smallest absolute Gasteiger partial charge is 0.545 e. The number of benzene rings is 1. The Morgan fingerprint density at radius 2 is 2.23 bits per heavy atom. The van der Waals surface area contributed by atoms with E-state index in [0.29, 0.717) is 30.3 Å². The van der Waals surface area contributed by atoms with E-state index in [4.69, 9.17) is 9.15 Å². The Morgan fingerprint density at radius 3 is 2.91 bits per heavy atom. The quantitative estimate of drug-likeness (QED) is 0.622. The number of carboxylic acid groups (broad SMARTS) is 1. The Labute approximate surface area is 140 Å². The van der Waals surface area contributed by atoms with Gasteiger partial charge in [0, 0.05) is 5.56 Å². The molecule has 1 aromatic heterocycles. The normalized spacial score (nSPS) is 21.6. The van der Waals surface area contributed by atoms with Crippen molar-refractivity contribution in [2.24, 2.45) is 0 Å². The summed E-state index contributed by atoms with van der Waals surface area (Å²) < 4.78 is 11.3. The summed E-state index contributed by atoms with van der Waals surface area (Å²) in [6.45, 7) is 5.33. The van der Waals surface area contributed by atoms with Crippen molar-refractivity contribution in [1.29, 1.82) is 0 Å². The topological polar surface area (TPSA) is 78.6 Å². The van der Waals surface area contributed by atoms with E-state index in [0.717, 1.165) is 6.42 Å². The van der Waals surface area contributed by atoms with Gasteiger partial charge in [0.25, 0.3) is 6.01 Å². The molecule has 2 atom stereocenters. The average Bonchev–Trinajstić information content (AvgIpc) is 2.89. The number of anilines is 1. The Balaban J connectivity index is 0.00000176. The second-order valence-corrected chi connectivity index (χ2v) is 5.29. The van der Waals surface area contributed by atoms with Crippen molar-refractivity contribution in [3.05, 3.63) is 23.8 Å². The molecule has 3 rings (SSSR count). The van der Waals surface area contributed by atoms with Crippen LogP contribution in [0.3, 0.4) is 0 Å². The first kappa shape index (κ1) is 16.9. The fourth-order valence-corrected chi connectivity index (χ4v) is 2.77. The molecule has 0 aliphatic carbocycles. The molecule has 1 aromatic carbocycles. The first-order chi connectivity index (χ1) is 10.1. The Morgan fingerprint density at radius 1 is 1.45 bits per heavy atom. The molecule has 0 bridgehead atoms. The number of morpholine rings is 1. The number of carboxylic acids is 1. The number of ether oxygens (including phenoxy) is 1. The molecule has 0 spiro atoms. The maximum Gasteiger partial charge on any atom is 1.00 e. The van der Waals surface area contributed by atoms with Gasteiger partial charge in [-0.25, -0.2) is 0 Å². The first-order valence-corrected chi connectivity index (χ1v) is 7.08. The van der Waals surface area contributed by atoms with Crippen LogP contribution in [0.2, 0.25) is 0 Å². The second kappa shape index (κ2) is 6.74. The summed E-state index contributed by atoms with van der Waals surface area (Å²) in [4.78, 5) is 17.6. The number of oxazole rings is 1. The summed E-state index contributed by atoms with van der Waals surface area (Å²) in [5.74, 6) is -1.25. The zero-order valence-corrected chi connectivity index (χ0v) is 13.0. The molecule has 1 saturated heterocycles. The molecule has 0 N–H and O–H groups in total. The van der Waals surface area contributed by atoms with Crippen molar-refractivity contribution in [3.63, 3.8) is 0 Å². The zero-order chi connectivity index (χ0) is 15.0. The van der Waals surface area contributed by atoms with Crippen molar-refractivity contribution in [2.75, 3.05) is 18.1 Å². The summed E-state index contributed by atoms with van der Waals surface area (Å²) >= 11 is 0. The Bertz CT molecular complexity index is 673. The van der Waals surface area contributed by atoms with Crippen molar-refractivity contribution in [1.82, 2.24) is 4.98 Å². The van der Waals surface area contributed by atoms with Crippen LogP contribution in [0.25, 0.3) is 11.1 Å². The molecule has 112 valence electrons. The van der Waals surface area contributed by atoms with Gasteiger partial charge in [0.1, 0.15) is 5.52 Å². The molecule has 6 nitrogen and oxygen atoms in total. The van der Waals surface area contributed by atoms with Crippen LogP contribution in [-0.4, -0.2) is 36.3 Å². The number of carbonyl (C=O) groups is 1. The molecule has 0 radical (unpaired) electrons. The van der Waals surface area contributed by atoms with Gasteiger partial charge >= 0.3 is 18.9 Å². The monoisotopic (exact) mass is 296 g/mol. The third-order valence-corrected chi connectivity index (χ3v) is 3.86. The van der Waals surface area contributed by atoms with Crippen LogP contribution >= 0.6 is 0 Å². The molecule has 2 heterocycles. The van der Waals surface area contributed by atoms with Crippen molar-refractivity contribution in [2.45, 2.75) is 32.4 Å². The summed E-state index contributed by atoms with van der Waals surface area (Å²) in [5.41, 5.74) is 0.845. The SMILES string of the molecule is CC[C@H]1COC[C@H](C)N1c1nc2c(C(=O)[O-])cccc2o1.[Li+]. The van der Waals surface area contributed by atoms with E-state index >= 15 is 0 Å². The molecule has 22 heavy (non-hydrogen) atoms. The minimum absolute atomic E-state index is 0. The molecule has 1 aliphatic heterocycles. The Kier molecular flexibility index (Phi) is 5.17. The maximum atomic E-state index is 11.2. The van der Waals surface area contributed by atoms with E-state index in [1.54, 1.807) is 12.1 Å². The van der Waals surface area contributed by atoms with Crippen LogP contribution in [0, 0.1) is 0 Å². The van der Waals surface area contributed by atoms with Crippen LogP contribution in [-0.2, 0) is 4.74 Å². The third-order valence-electron chi connectivity index (χ3n) is 3.86. The van der Waals surface area contributed by atoms with Gasteiger partial charge in [-0.1, -0.05) is 19.1 Å². The first-order valence-electron chi connectivity index (χ1n) is 7.08. The van der Waals surface area contributed by atoms with Crippen LogP contribution < -0.4 is 28.9 Å². The van der Waals surface area contributed by atoms with Crippen LogP contribution in [0.15, 0.2) is 22.6 Å². The largest absolute Gasteiger partial charge is 1.00 e. The fraction of sp³-hybridized carbons (Fsp3) is 0.467. The molecule has 1 fully saturated rings. The van der Waals surface area contributed by atoms with E-state index in [2.05, 4.69) is 16.8 Å². The van der Waals surface area contributed by atoms with Gasteiger partial charge in [0.05, 0.1) is 31.3 Å². The van der Waals surface area contributed by atoms with Crippen LogP contribution in [0.5, 0.6) is 0 Å². The van der Waals surface area contributed by atoms with Gasteiger partial charge < -0.3 is 24.0 Å². The summed E-state index contributed by atoms with van der Waals surface area (Å²) in [6.07, 6.45) is 0.899. The number of carbonyl (C=O) groups excluding carboxylic acids is 1. The van der Waals surface area contributed by atoms with Gasteiger partial charge in [-0.05, 0) is 19.4 Å². The minimum Gasteiger partial charge on any atom is -0.545 e. The zero-order valence-electron chi connectivity index (χ0n) is 13.0.